The quantitative estimate of drug-likeness (QED) is 0.515. The van der Waals surface area contributed by atoms with Crippen LogP contribution in [0.15, 0.2) is 54.6 Å². The summed E-state index contributed by atoms with van der Waals surface area (Å²) in [5, 5.41) is 10.7. The lowest BCUT2D eigenvalue weighted by atomic mass is 9.98. The molecule has 3 aromatic carbocycles. The van der Waals surface area contributed by atoms with Gasteiger partial charge < -0.3 is 20.6 Å². The average Bonchev–Trinajstić information content (AvgIpc) is 3.04. The minimum atomic E-state index is -1.01. The number of methoxy groups -OCH3 is 1. The number of rotatable bonds is 4. The van der Waals surface area contributed by atoms with Gasteiger partial charge in [-0.05, 0) is 53.6 Å². The van der Waals surface area contributed by atoms with Crippen molar-refractivity contribution in [1.29, 1.82) is 0 Å². The summed E-state index contributed by atoms with van der Waals surface area (Å²) in [6, 6.07) is 15.9. The SMILES string of the molecule is COc1cccc(-c2cc(C(N)=O)c3[nH]c4ccc(C(=O)O)cc4c3c2)c1. The molecule has 4 N–H and O–H groups in total. The summed E-state index contributed by atoms with van der Waals surface area (Å²) in [6.45, 7) is 0. The standard InChI is InChI=1S/C21H16N2O4/c1-27-14-4-2-3-11(7-14)13-9-16-15-8-12(21(25)26)5-6-18(15)23-19(16)17(10-13)20(22)24/h2-10,23H,1H3,(H2,22,24)(H,25,26). The Hall–Kier alpha value is -3.80. The molecule has 134 valence electrons. The monoisotopic (exact) mass is 360 g/mol. The molecule has 1 amide bonds. The van der Waals surface area contributed by atoms with Crippen molar-refractivity contribution in [3.05, 3.63) is 65.7 Å². The first-order valence-electron chi connectivity index (χ1n) is 8.25. The van der Waals surface area contributed by atoms with Gasteiger partial charge in [0.1, 0.15) is 5.75 Å². The molecule has 0 bridgehead atoms. The van der Waals surface area contributed by atoms with Crippen LogP contribution >= 0.6 is 0 Å². The number of amides is 1. The maximum absolute atomic E-state index is 12.1. The maximum Gasteiger partial charge on any atom is 0.335 e. The predicted octanol–water partition coefficient (Wildman–Crippen LogP) is 3.79. The molecule has 1 heterocycles. The zero-order chi connectivity index (χ0) is 19.1. The van der Waals surface area contributed by atoms with E-state index in [0.29, 0.717) is 16.8 Å². The third-order valence-corrected chi connectivity index (χ3v) is 4.62. The number of fused-ring (bicyclic) bond motifs is 3. The first-order valence-corrected chi connectivity index (χ1v) is 8.25. The first kappa shape index (κ1) is 16.7. The van der Waals surface area contributed by atoms with Gasteiger partial charge in [-0.25, -0.2) is 4.79 Å². The van der Waals surface area contributed by atoms with Gasteiger partial charge in [0.25, 0.3) is 5.91 Å². The highest BCUT2D eigenvalue weighted by Crippen LogP contribution is 2.34. The van der Waals surface area contributed by atoms with Crippen LogP contribution in [0, 0.1) is 0 Å². The Labute approximate surface area is 154 Å². The number of aromatic carboxylic acids is 1. The van der Waals surface area contributed by atoms with Gasteiger partial charge in [0.15, 0.2) is 0 Å². The van der Waals surface area contributed by atoms with Crippen LogP contribution in [0.3, 0.4) is 0 Å². The van der Waals surface area contributed by atoms with Gasteiger partial charge in [0, 0.05) is 16.3 Å². The van der Waals surface area contributed by atoms with E-state index in [0.717, 1.165) is 27.4 Å². The predicted molar refractivity (Wildman–Crippen MR) is 103 cm³/mol. The summed E-state index contributed by atoms with van der Waals surface area (Å²) in [7, 11) is 1.59. The molecular formula is C21H16N2O4. The molecule has 0 fully saturated rings. The Morgan fingerprint density at radius 1 is 1.00 bits per heavy atom. The molecule has 6 heteroatoms. The topological polar surface area (TPSA) is 105 Å². The van der Waals surface area contributed by atoms with Crippen molar-refractivity contribution in [1.82, 2.24) is 4.98 Å². The molecule has 0 radical (unpaired) electrons. The number of hydrogen-bond acceptors (Lipinski definition) is 3. The number of nitrogens with one attached hydrogen (secondary N) is 1. The smallest absolute Gasteiger partial charge is 0.335 e. The minimum absolute atomic E-state index is 0.177. The number of benzene rings is 3. The Kier molecular flexibility index (Phi) is 3.81. The summed E-state index contributed by atoms with van der Waals surface area (Å²) < 4.78 is 5.28. The van der Waals surface area contributed by atoms with Crippen LogP contribution in [0.4, 0.5) is 0 Å². The highest BCUT2D eigenvalue weighted by Gasteiger charge is 2.16. The highest BCUT2D eigenvalue weighted by atomic mass is 16.5. The fraction of sp³-hybridized carbons (Fsp3) is 0.0476. The van der Waals surface area contributed by atoms with E-state index in [2.05, 4.69) is 4.98 Å². The number of aromatic nitrogens is 1. The molecular weight excluding hydrogens is 344 g/mol. The molecule has 0 aliphatic rings. The van der Waals surface area contributed by atoms with E-state index in [-0.39, 0.29) is 5.56 Å². The second-order valence-electron chi connectivity index (χ2n) is 6.23. The van der Waals surface area contributed by atoms with Crippen LogP contribution in [0.1, 0.15) is 20.7 Å². The summed E-state index contributed by atoms with van der Waals surface area (Å²) in [6.07, 6.45) is 0. The fourth-order valence-electron chi connectivity index (χ4n) is 3.30. The Bertz CT molecular complexity index is 1220. The van der Waals surface area contributed by atoms with Crippen molar-refractivity contribution in [2.24, 2.45) is 5.73 Å². The van der Waals surface area contributed by atoms with Gasteiger partial charge in [-0.15, -0.1) is 0 Å². The van der Waals surface area contributed by atoms with E-state index in [4.69, 9.17) is 10.5 Å². The number of carbonyl (C=O) groups is 2. The molecule has 0 spiro atoms. The van der Waals surface area contributed by atoms with Crippen LogP contribution in [0.5, 0.6) is 5.75 Å². The molecule has 1 aromatic heterocycles. The van der Waals surface area contributed by atoms with Crippen LogP contribution < -0.4 is 10.5 Å². The lowest BCUT2D eigenvalue weighted by Gasteiger charge is -2.08. The number of aromatic amines is 1. The van der Waals surface area contributed by atoms with Gasteiger partial charge in [-0.1, -0.05) is 12.1 Å². The van der Waals surface area contributed by atoms with Crippen LogP contribution in [-0.2, 0) is 0 Å². The highest BCUT2D eigenvalue weighted by molar-refractivity contribution is 6.17. The number of carbonyl (C=O) groups excluding carboxylic acids is 1. The zero-order valence-electron chi connectivity index (χ0n) is 14.4. The third-order valence-electron chi connectivity index (χ3n) is 4.62. The van der Waals surface area contributed by atoms with Crippen molar-refractivity contribution in [2.75, 3.05) is 7.11 Å². The first-order chi connectivity index (χ1) is 13.0. The van der Waals surface area contributed by atoms with Crippen molar-refractivity contribution in [2.45, 2.75) is 0 Å². The van der Waals surface area contributed by atoms with Gasteiger partial charge in [-0.2, -0.15) is 0 Å². The zero-order valence-corrected chi connectivity index (χ0v) is 14.4. The molecule has 4 aromatic rings. The maximum atomic E-state index is 12.1. The average molecular weight is 360 g/mol. The summed E-state index contributed by atoms with van der Waals surface area (Å²) in [5.41, 5.74) is 9.11. The van der Waals surface area contributed by atoms with Crippen molar-refractivity contribution in [3.63, 3.8) is 0 Å². The normalized spacial score (nSPS) is 11.0. The van der Waals surface area contributed by atoms with Gasteiger partial charge in [0.2, 0.25) is 0 Å². The van der Waals surface area contributed by atoms with E-state index < -0.39 is 11.9 Å². The number of nitrogens with two attached hydrogens (primary N) is 1. The molecule has 4 rings (SSSR count). The van der Waals surface area contributed by atoms with E-state index in [9.17, 15) is 14.7 Å². The lowest BCUT2D eigenvalue weighted by molar-refractivity contribution is 0.0697. The minimum Gasteiger partial charge on any atom is -0.497 e. The van der Waals surface area contributed by atoms with Crippen molar-refractivity contribution in [3.8, 4) is 16.9 Å². The summed E-state index contributed by atoms with van der Waals surface area (Å²) in [5.74, 6) is -0.875. The number of primary amides is 1. The number of H-pyrrole nitrogens is 1. The summed E-state index contributed by atoms with van der Waals surface area (Å²) >= 11 is 0. The lowest BCUT2D eigenvalue weighted by Crippen LogP contribution is -2.11. The van der Waals surface area contributed by atoms with Crippen LogP contribution in [0.25, 0.3) is 32.9 Å². The number of carboxylic acid groups (broad SMARTS) is 1. The van der Waals surface area contributed by atoms with E-state index in [1.807, 2.05) is 30.3 Å². The second kappa shape index (κ2) is 6.17. The van der Waals surface area contributed by atoms with E-state index in [1.54, 1.807) is 25.3 Å². The summed E-state index contributed by atoms with van der Waals surface area (Å²) in [4.78, 5) is 26.6. The van der Waals surface area contributed by atoms with Crippen LogP contribution in [0.2, 0.25) is 0 Å². The third kappa shape index (κ3) is 2.77. The number of carboxylic acids is 1. The largest absolute Gasteiger partial charge is 0.497 e. The Balaban J connectivity index is 2.06. The second-order valence-corrected chi connectivity index (χ2v) is 6.23. The van der Waals surface area contributed by atoms with E-state index >= 15 is 0 Å². The molecule has 0 atom stereocenters. The fourth-order valence-corrected chi connectivity index (χ4v) is 3.30. The Morgan fingerprint density at radius 3 is 2.52 bits per heavy atom. The van der Waals surface area contributed by atoms with Gasteiger partial charge in [0.05, 0.1) is 23.8 Å². The Morgan fingerprint density at radius 2 is 1.81 bits per heavy atom. The molecule has 0 aliphatic heterocycles. The molecule has 0 aliphatic carbocycles. The molecule has 0 saturated heterocycles. The van der Waals surface area contributed by atoms with E-state index in [1.165, 1.54) is 6.07 Å². The molecule has 27 heavy (non-hydrogen) atoms. The van der Waals surface area contributed by atoms with Crippen molar-refractivity contribution >= 4 is 33.7 Å². The number of hydrogen-bond donors (Lipinski definition) is 3. The molecule has 0 saturated carbocycles. The number of ether oxygens (including phenoxy) is 1. The van der Waals surface area contributed by atoms with Gasteiger partial charge in [-0.3, -0.25) is 4.79 Å². The van der Waals surface area contributed by atoms with Crippen molar-refractivity contribution < 1.29 is 19.4 Å². The van der Waals surface area contributed by atoms with Crippen LogP contribution in [-0.4, -0.2) is 29.1 Å². The molecule has 6 nitrogen and oxygen atoms in total. The molecule has 0 unspecified atom stereocenters. The van der Waals surface area contributed by atoms with Gasteiger partial charge >= 0.3 is 5.97 Å².